The van der Waals surface area contributed by atoms with Crippen LogP contribution in [0.25, 0.3) is 11.4 Å². The van der Waals surface area contributed by atoms with Crippen LogP contribution in [0.4, 0.5) is 0 Å². The van der Waals surface area contributed by atoms with Gasteiger partial charge in [0.1, 0.15) is 0 Å². The van der Waals surface area contributed by atoms with Crippen molar-refractivity contribution < 1.29 is 4.52 Å². The monoisotopic (exact) mass is 243 g/mol. The predicted octanol–water partition coefficient (Wildman–Crippen LogP) is 2.72. The quantitative estimate of drug-likeness (QED) is 0.900. The van der Waals surface area contributed by atoms with Crippen molar-refractivity contribution in [2.24, 2.45) is 0 Å². The number of aryl methyl sites for hydroxylation is 1. The average Bonchev–Trinajstić information content (AvgIpc) is 3.09. The Balaban J connectivity index is 1.82. The zero-order valence-corrected chi connectivity index (χ0v) is 10.5. The fourth-order valence-electron chi connectivity index (χ4n) is 2.28. The van der Waals surface area contributed by atoms with Crippen molar-refractivity contribution in [3.63, 3.8) is 0 Å². The van der Waals surface area contributed by atoms with Crippen molar-refractivity contribution in [2.75, 3.05) is 6.54 Å². The first-order chi connectivity index (χ1) is 8.86. The third-order valence-corrected chi connectivity index (χ3v) is 3.42. The Hall–Kier alpha value is -1.68. The summed E-state index contributed by atoms with van der Waals surface area (Å²) in [5.74, 6) is 1.39. The van der Waals surface area contributed by atoms with Crippen LogP contribution in [-0.2, 0) is 6.42 Å². The maximum atomic E-state index is 5.34. The number of rotatable bonds is 3. The second kappa shape index (κ2) is 4.90. The van der Waals surface area contributed by atoms with Gasteiger partial charge < -0.3 is 9.84 Å². The SMILES string of the molecule is CCc1ccc(-c2noc([C@H]3CCCN3)n2)cc1. The summed E-state index contributed by atoms with van der Waals surface area (Å²) in [6.07, 6.45) is 3.30. The van der Waals surface area contributed by atoms with Gasteiger partial charge in [-0.1, -0.05) is 36.3 Å². The van der Waals surface area contributed by atoms with Crippen LogP contribution in [0.15, 0.2) is 28.8 Å². The summed E-state index contributed by atoms with van der Waals surface area (Å²) in [4.78, 5) is 4.48. The Morgan fingerprint density at radius 2 is 2.17 bits per heavy atom. The van der Waals surface area contributed by atoms with Crippen LogP contribution >= 0.6 is 0 Å². The Morgan fingerprint density at radius 1 is 1.33 bits per heavy atom. The molecule has 1 atom stereocenters. The van der Waals surface area contributed by atoms with Gasteiger partial charge >= 0.3 is 0 Å². The van der Waals surface area contributed by atoms with E-state index in [2.05, 4.69) is 46.6 Å². The van der Waals surface area contributed by atoms with Crippen molar-refractivity contribution in [3.05, 3.63) is 35.7 Å². The summed E-state index contributed by atoms with van der Waals surface area (Å²) >= 11 is 0. The first-order valence-corrected chi connectivity index (χ1v) is 6.53. The zero-order valence-electron chi connectivity index (χ0n) is 10.5. The summed E-state index contributed by atoms with van der Waals surface area (Å²) < 4.78 is 5.34. The van der Waals surface area contributed by atoms with E-state index in [1.165, 1.54) is 12.0 Å². The number of hydrogen-bond donors (Lipinski definition) is 1. The molecule has 1 aliphatic rings. The Kier molecular flexibility index (Phi) is 3.11. The van der Waals surface area contributed by atoms with Gasteiger partial charge in [0.05, 0.1) is 6.04 Å². The Labute approximate surface area is 106 Å². The molecule has 1 saturated heterocycles. The van der Waals surface area contributed by atoms with E-state index in [1.54, 1.807) is 0 Å². The first-order valence-electron chi connectivity index (χ1n) is 6.53. The molecule has 0 bridgehead atoms. The van der Waals surface area contributed by atoms with Crippen LogP contribution in [0.1, 0.15) is 37.3 Å². The molecule has 0 aliphatic carbocycles. The second-order valence-electron chi connectivity index (χ2n) is 4.66. The van der Waals surface area contributed by atoms with Crippen LogP contribution in [0, 0.1) is 0 Å². The van der Waals surface area contributed by atoms with Crippen LogP contribution in [0.2, 0.25) is 0 Å². The number of aromatic nitrogens is 2. The molecule has 1 aromatic heterocycles. The van der Waals surface area contributed by atoms with E-state index in [4.69, 9.17) is 4.52 Å². The van der Waals surface area contributed by atoms with Gasteiger partial charge in [-0.2, -0.15) is 4.98 Å². The fourth-order valence-corrected chi connectivity index (χ4v) is 2.28. The third kappa shape index (κ3) is 2.16. The van der Waals surface area contributed by atoms with Crippen LogP contribution in [0.3, 0.4) is 0 Å². The van der Waals surface area contributed by atoms with E-state index in [1.807, 2.05) is 0 Å². The van der Waals surface area contributed by atoms with Gasteiger partial charge in [-0.15, -0.1) is 0 Å². The van der Waals surface area contributed by atoms with Crippen molar-refractivity contribution in [1.29, 1.82) is 0 Å². The van der Waals surface area contributed by atoms with Gasteiger partial charge in [0.15, 0.2) is 0 Å². The maximum absolute atomic E-state index is 5.34. The molecule has 4 nitrogen and oxygen atoms in total. The molecule has 94 valence electrons. The van der Waals surface area contributed by atoms with Gasteiger partial charge in [0.2, 0.25) is 11.7 Å². The van der Waals surface area contributed by atoms with Crippen LogP contribution in [0.5, 0.6) is 0 Å². The minimum atomic E-state index is 0.237. The normalized spacial score (nSPS) is 19.3. The van der Waals surface area contributed by atoms with E-state index in [-0.39, 0.29) is 6.04 Å². The van der Waals surface area contributed by atoms with Crippen molar-refractivity contribution in [1.82, 2.24) is 15.5 Å². The van der Waals surface area contributed by atoms with Gasteiger partial charge in [0.25, 0.3) is 0 Å². The number of nitrogens with one attached hydrogen (secondary N) is 1. The van der Waals surface area contributed by atoms with Crippen molar-refractivity contribution in [3.8, 4) is 11.4 Å². The van der Waals surface area contributed by atoms with E-state index in [0.717, 1.165) is 24.9 Å². The van der Waals surface area contributed by atoms with Crippen molar-refractivity contribution in [2.45, 2.75) is 32.2 Å². The topological polar surface area (TPSA) is 51.0 Å². The number of hydrogen-bond acceptors (Lipinski definition) is 4. The molecule has 2 heterocycles. The average molecular weight is 243 g/mol. The third-order valence-electron chi connectivity index (χ3n) is 3.42. The van der Waals surface area contributed by atoms with Crippen LogP contribution < -0.4 is 5.32 Å². The molecule has 0 radical (unpaired) electrons. The maximum Gasteiger partial charge on any atom is 0.244 e. The largest absolute Gasteiger partial charge is 0.337 e. The predicted molar refractivity (Wildman–Crippen MR) is 69.1 cm³/mol. The summed E-state index contributed by atoms with van der Waals surface area (Å²) in [6, 6.07) is 8.56. The number of nitrogens with zero attached hydrogens (tertiary/aromatic N) is 2. The molecule has 0 amide bonds. The molecule has 0 saturated carbocycles. The highest BCUT2D eigenvalue weighted by molar-refractivity contribution is 5.54. The summed E-state index contributed by atoms with van der Waals surface area (Å²) in [6.45, 7) is 3.18. The number of benzene rings is 1. The summed E-state index contributed by atoms with van der Waals surface area (Å²) in [5, 5.41) is 7.42. The molecule has 1 aromatic carbocycles. The molecule has 4 heteroatoms. The molecule has 0 unspecified atom stereocenters. The smallest absolute Gasteiger partial charge is 0.244 e. The van der Waals surface area contributed by atoms with Crippen LogP contribution in [-0.4, -0.2) is 16.7 Å². The van der Waals surface area contributed by atoms with E-state index < -0.39 is 0 Å². The summed E-state index contributed by atoms with van der Waals surface area (Å²) in [5.41, 5.74) is 2.33. The Morgan fingerprint density at radius 3 is 2.83 bits per heavy atom. The molecule has 2 aromatic rings. The molecule has 18 heavy (non-hydrogen) atoms. The standard InChI is InChI=1S/C14H17N3O/c1-2-10-5-7-11(8-6-10)13-16-14(18-17-13)12-4-3-9-15-12/h5-8,12,15H,2-4,9H2,1H3/t12-/m1/s1. The minimum absolute atomic E-state index is 0.237. The van der Waals surface area contributed by atoms with Crippen molar-refractivity contribution >= 4 is 0 Å². The van der Waals surface area contributed by atoms with E-state index >= 15 is 0 Å². The minimum Gasteiger partial charge on any atom is -0.337 e. The lowest BCUT2D eigenvalue weighted by Gasteiger charge is -2.01. The second-order valence-corrected chi connectivity index (χ2v) is 4.66. The molecular formula is C14H17N3O. The van der Waals surface area contributed by atoms with Gasteiger partial charge in [-0.25, -0.2) is 0 Å². The fraction of sp³-hybridized carbons (Fsp3) is 0.429. The zero-order chi connectivity index (χ0) is 12.4. The lowest BCUT2D eigenvalue weighted by molar-refractivity contribution is 0.345. The lowest BCUT2D eigenvalue weighted by atomic mass is 10.1. The first kappa shape index (κ1) is 11.4. The lowest BCUT2D eigenvalue weighted by Crippen LogP contribution is -2.12. The van der Waals surface area contributed by atoms with E-state index in [0.29, 0.717) is 11.7 Å². The highest BCUT2D eigenvalue weighted by Gasteiger charge is 2.22. The molecule has 0 spiro atoms. The van der Waals surface area contributed by atoms with Gasteiger partial charge in [-0.3, -0.25) is 0 Å². The molecule has 1 N–H and O–H groups in total. The van der Waals surface area contributed by atoms with Gasteiger partial charge in [0, 0.05) is 5.56 Å². The molecule has 3 rings (SSSR count). The Bertz CT molecular complexity index is 512. The molecule has 1 aliphatic heterocycles. The van der Waals surface area contributed by atoms with E-state index in [9.17, 15) is 0 Å². The molecular weight excluding hydrogens is 226 g/mol. The summed E-state index contributed by atoms with van der Waals surface area (Å²) in [7, 11) is 0. The molecule has 1 fully saturated rings. The highest BCUT2D eigenvalue weighted by Crippen LogP contribution is 2.24. The highest BCUT2D eigenvalue weighted by atomic mass is 16.5. The van der Waals surface area contributed by atoms with Gasteiger partial charge in [-0.05, 0) is 31.4 Å².